The van der Waals surface area contributed by atoms with Crippen LogP contribution in [0.3, 0.4) is 0 Å². The minimum atomic E-state index is -3.39. The minimum absolute atomic E-state index is 0.0547. The van der Waals surface area contributed by atoms with Gasteiger partial charge in [0.15, 0.2) is 0 Å². The summed E-state index contributed by atoms with van der Waals surface area (Å²) in [5, 5.41) is 2.90. The van der Waals surface area contributed by atoms with Crippen molar-refractivity contribution in [2.75, 3.05) is 36.6 Å². The Morgan fingerprint density at radius 1 is 1.28 bits per heavy atom. The lowest BCUT2D eigenvalue weighted by Crippen LogP contribution is -2.37. The topological polar surface area (TPSA) is 82.1 Å². The standard InChI is InChI=1S/C17H20N4O3S/c1-12-10-14(20(2)3)5-6-15(12)18-17(22)13-4-7-16-19-25(23,24)9-8-21(16)11-13/h4-7,10-11H,8-9H2,1-3H3,(H,18,22). The monoisotopic (exact) mass is 360 g/mol. The highest BCUT2D eigenvalue weighted by Crippen LogP contribution is 2.23. The number of hydrogen-bond acceptors (Lipinski definition) is 5. The van der Waals surface area contributed by atoms with E-state index in [0.29, 0.717) is 18.0 Å². The van der Waals surface area contributed by atoms with Gasteiger partial charge in [0, 0.05) is 38.2 Å². The quantitative estimate of drug-likeness (QED) is 0.883. The van der Waals surface area contributed by atoms with E-state index in [1.54, 1.807) is 23.3 Å². The summed E-state index contributed by atoms with van der Waals surface area (Å²) in [6.45, 7) is 2.23. The lowest BCUT2D eigenvalue weighted by Gasteiger charge is -2.27. The molecule has 0 saturated carbocycles. The highest BCUT2D eigenvalue weighted by molar-refractivity contribution is 7.90. The first-order valence-electron chi connectivity index (χ1n) is 7.84. The van der Waals surface area contributed by atoms with Crippen molar-refractivity contribution in [1.29, 1.82) is 0 Å². The second-order valence-electron chi connectivity index (χ2n) is 6.19. The number of sulfonamides is 1. The van der Waals surface area contributed by atoms with Crippen LogP contribution < -0.4 is 10.2 Å². The number of fused-ring (bicyclic) bond motifs is 1. The number of carbonyl (C=O) groups excluding carboxylic acids is 1. The van der Waals surface area contributed by atoms with E-state index in [-0.39, 0.29) is 11.7 Å². The molecule has 0 aromatic heterocycles. The van der Waals surface area contributed by atoms with E-state index < -0.39 is 10.0 Å². The van der Waals surface area contributed by atoms with Gasteiger partial charge < -0.3 is 15.1 Å². The Labute approximate surface area is 147 Å². The lowest BCUT2D eigenvalue weighted by molar-refractivity contribution is -0.112. The molecule has 8 heteroatoms. The Bertz CT molecular complexity index is 914. The average Bonchev–Trinajstić information content (AvgIpc) is 2.55. The summed E-state index contributed by atoms with van der Waals surface area (Å²) in [6, 6.07) is 5.81. The van der Waals surface area contributed by atoms with Crippen molar-refractivity contribution >= 4 is 33.1 Å². The van der Waals surface area contributed by atoms with E-state index in [1.165, 1.54) is 0 Å². The Balaban J connectivity index is 1.77. The van der Waals surface area contributed by atoms with Gasteiger partial charge in [-0.2, -0.15) is 0 Å². The van der Waals surface area contributed by atoms with Crippen LogP contribution in [0.4, 0.5) is 11.4 Å². The first kappa shape index (κ1) is 17.2. The number of anilines is 2. The van der Waals surface area contributed by atoms with Crippen molar-refractivity contribution in [1.82, 2.24) is 4.90 Å². The second-order valence-corrected chi connectivity index (χ2v) is 7.95. The van der Waals surface area contributed by atoms with Crippen LogP contribution in [0.5, 0.6) is 0 Å². The molecule has 1 N–H and O–H groups in total. The number of benzene rings is 1. The van der Waals surface area contributed by atoms with E-state index in [4.69, 9.17) is 0 Å². The highest BCUT2D eigenvalue weighted by Gasteiger charge is 2.25. The van der Waals surface area contributed by atoms with Gasteiger partial charge in [0.25, 0.3) is 15.9 Å². The van der Waals surface area contributed by atoms with Crippen LogP contribution >= 0.6 is 0 Å². The molecule has 7 nitrogen and oxygen atoms in total. The van der Waals surface area contributed by atoms with E-state index >= 15 is 0 Å². The molecular weight excluding hydrogens is 340 g/mol. The number of amidine groups is 1. The van der Waals surface area contributed by atoms with Gasteiger partial charge in [0.05, 0.1) is 11.3 Å². The Hall–Kier alpha value is -2.61. The summed E-state index contributed by atoms with van der Waals surface area (Å²) in [7, 11) is 0.527. The van der Waals surface area contributed by atoms with Gasteiger partial charge in [-0.1, -0.05) is 0 Å². The van der Waals surface area contributed by atoms with Crippen LogP contribution in [0.1, 0.15) is 5.56 Å². The van der Waals surface area contributed by atoms with Crippen molar-refractivity contribution in [3.8, 4) is 0 Å². The Morgan fingerprint density at radius 3 is 2.72 bits per heavy atom. The van der Waals surface area contributed by atoms with Gasteiger partial charge in [-0.05, 0) is 42.8 Å². The maximum Gasteiger partial charge on any atom is 0.257 e. The predicted molar refractivity (Wildman–Crippen MR) is 99.3 cm³/mol. The molecule has 3 rings (SSSR count). The normalized spacial score (nSPS) is 18.1. The molecule has 0 aliphatic carbocycles. The summed E-state index contributed by atoms with van der Waals surface area (Å²) >= 11 is 0. The number of rotatable bonds is 3. The number of amides is 1. The van der Waals surface area contributed by atoms with Crippen LogP contribution in [-0.2, 0) is 14.8 Å². The molecule has 0 spiro atoms. The van der Waals surface area contributed by atoms with Crippen LogP contribution in [-0.4, -0.2) is 51.5 Å². The molecule has 0 atom stereocenters. The van der Waals surface area contributed by atoms with Crippen molar-refractivity contribution < 1.29 is 13.2 Å². The van der Waals surface area contributed by atoms with Crippen molar-refractivity contribution in [2.24, 2.45) is 4.40 Å². The molecule has 0 unspecified atom stereocenters. The van der Waals surface area contributed by atoms with Gasteiger partial charge in [0.1, 0.15) is 5.84 Å². The largest absolute Gasteiger partial charge is 0.378 e. The molecule has 1 amide bonds. The van der Waals surface area contributed by atoms with Crippen LogP contribution in [0.2, 0.25) is 0 Å². The predicted octanol–water partition coefficient (Wildman–Crippen LogP) is 1.50. The summed E-state index contributed by atoms with van der Waals surface area (Å²) < 4.78 is 26.7. The molecule has 0 bridgehead atoms. The Morgan fingerprint density at radius 2 is 2.04 bits per heavy atom. The molecule has 2 heterocycles. The summed E-state index contributed by atoms with van der Waals surface area (Å²) in [5.74, 6) is 0.0413. The molecule has 132 valence electrons. The fourth-order valence-electron chi connectivity index (χ4n) is 2.60. The zero-order valence-electron chi connectivity index (χ0n) is 14.4. The molecule has 1 aromatic carbocycles. The molecule has 1 aromatic rings. The third-order valence-corrected chi connectivity index (χ3v) is 5.22. The fraction of sp³-hybridized carbons (Fsp3) is 0.294. The van der Waals surface area contributed by atoms with Crippen LogP contribution in [0.25, 0.3) is 0 Å². The molecule has 25 heavy (non-hydrogen) atoms. The zero-order chi connectivity index (χ0) is 18.2. The van der Waals surface area contributed by atoms with Crippen molar-refractivity contribution in [2.45, 2.75) is 6.92 Å². The summed E-state index contributed by atoms with van der Waals surface area (Å²) in [4.78, 5) is 16.2. The lowest BCUT2D eigenvalue weighted by atomic mass is 10.1. The highest BCUT2D eigenvalue weighted by atomic mass is 32.2. The molecule has 2 aliphatic heterocycles. The third-order valence-electron chi connectivity index (χ3n) is 4.06. The number of aryl methyl sites for hydroxylation is 1. The van der Waals surface area contributed by atoms with Crippen molar-refractivity contribution in [3.05, 3.63) is 47.7 Å². The zero-order valence-corrected chi connectivity index (χ0v) is 15.2. The molecule has 0 radical (unpaired) electrons. The molecule has 0 saturated heterocycles. The van der Waals surface area contributed by atoms with E-state index in [0.717, 1.165) is 16.9 Å². The molecule has 2 aliphatic rings. The number of nitrogens with one attached hydrogen (secondary N) is 1. The van der Waals surface area contributed by atoms with Gasteiger partial charge in [-0.25, -0.2) is 8.42 Å². The fourth-order valence-corrected chi connectivity index (χ4v) is 3.57. The molecule has 0 fully saturated rings. The first-order valence-corrected chi connectivity index (χ1v) is 9.44. The van der Waals surface area contributed by atoms with Gasteiger partial charge >= 0.3 is 0 Å². The maximum atomic E-state index is 12.5. The maximum absolute atomic E-state index is 12.5. The number of nitrogens with zero attached hydrogens (tertiary/aromatic N) is 3. The first-order chi connectivity index (χ1) is 11.7. The van der Waals surface area contributed by atoms with E-state index in [1.807, 2.05) is 44.1 Å². The summed E-state index contributed by atoms with van der Waals surface area (Å²) in [5.41, 5.74) is 3.22. The van der Waals surface area contributed by atoms with Crippen LogP contribution in [0, 0.1) is 6.92 Å². The van der Waals surface area contributed by atoms with Crippen molar-refractivity contribution in [3.63, 3.8) is 0 Å². The van der Waals surface area contributed by atoms with Gasteiger partial charge in [-0.3, -0.25) is 4.79 Å². The van der Waals surface area contributed by atoms with Crippen LogP contribution in [0.15, 0.2) is 46.5 Å². The third kappa shape index (κ3) is 3.74. The number of hydrogen-bond donors (Lipinski definition) is 1. The van der Waals surface area contributed by atoms with E-state index in [9.17, 15) is 13.2 Å². The van der Waals surface area contributed by atoms with E-state index in [2.05, 4.69) is 9.71 Å². The Kier molecular flexibility index (Phi) is 4.38. The SMILES string of the molecule is Cc1cc(N(C)C)ccc1NC(=O)C1=CN2CCS(=O)(=O)N=C2C=C1. The van der Waals surface area contributed by atoms with Gasteiger partial charge in [-0.15, -0.1) is 4.40 Å². The average molecular weight is 360 g/mol. The minimum Gasteiger partial charge on any atom is -0.378 e. The smallest absolute Gasteiger partial charge is 0.257 e. The molecular formula is C17H20N4O3S. The number of carbonyl (C=O) groups is 1. The van der Waals surface area contributed by atoms with Gasteiger partial charge in [0.2, 0.25) is 0 Å². The second kappa shape index (κ2) is 6.36. The summed E-state index contributed by atoms with van der Waals surface area (Å²) in [6.07, 6.45) is 4.76.